The Morgan fingerprint density at radius 3 is 2.80 bits per heavy atom. The van der Waals surface area contributed by atoms with Crippen molar-refractivity contribution in [2.75, 3.05) is 0 Å². The number of hydrogen-bond acceptors (Lipinski definition) is 2. The highest BCUT2D eigenvalue weighted by molar-refractivity contribution is 6.42. The van der Waals surface area contributed by atoms with Gasteiger partial charge >= 0.3 is 0 Å². The molecule has 1 heterocycles. The average Bonchev–Trinajstić information content (AvgIpc) is 2.59. The molecule has 0 aliphatic rings. The lowest BCUT2D eigenvalue weighted by atomic mass is 10.1. The van der Waals surface area contributed by atoms with E-state index in [0.29, 0.717) is 22.4 Å². The molecular formula is C11H9Cl2NO. The van der Waals surface area contributed by atoms with Crippen LogP contribution in [0.3, 0.4) is 0 Å². The number of aromatic nitrogens is 1. The Bertz CT molecular complexity index is 479. The van der Waals surface area contributed by atoms with E-state index < -0.39 is 0 Å². The summed E-state index contributed by atoms with van der Waals surface area (Å²) in [5, 5.41) is 1.12. The minimum atomic E-state index is 0.553. The Hall–Kier alpha value is -0.990. The molecule has 0 unspecified atom stereocenters. The third-order valence-electron chi connectivity index (χ3n) is 2.04. The van der Waals surface area contributed by atoms with Gasteiger partial charge in [-0.3, -0.25) is 0 Å². The summed E-state index contributed by atoms with van der Waals surface area (Å²) in [6.07, 6.45) is 2.25. The molecule has 0 atom stereocenters. The zero-order chi connectivity index (χ0) is 10.8. The molecular weight excluding hydrogens is 233 g/mol. The largest absolute Gasteiger partial charge is 0.446 e. The number of halogens is 2. The fourth-order valence-electron chi connectivity index (χ4n) is 1.33. The quantitative estimate of drug-likeness (QED) is 0.798. The van der Waals surface area contributed by atoms with Gasteiger partial charge in [-0.2, -0.15) is 0 Å². The van der Waals surface area contributed by atoms with Crippen LogP contribution < -0.4 is 0 Å². The normalized spacial score (nSPS) is 10.6. The van der Waals surface area contributed by atoms with Crippen LogP contribution in [0.5, 0.6) is 0 Å². The average molecular weight is 242 g/mol. The van der Waals surface area contributed by atoms with Gasteiger partial charge < -0.3 is 4.42 Å². The number of nitrogens with zero attached hydrogens (tertiary/aromatic N) is 1. The Kier molecular flexibility index (Phi) is 2.98. The van der Waals surface area contributed by atoms with Crippen LogP contribution in [0.1, 0.15) is 17.2 Å². The molecule has 0 bridgehead atoms. The smallest absolute Gasteiger partial charge is 0.198 e. The summed E-state index contributed by atoms with van der Waals surface area (Å²) < 4.78 is 5.37. The van der Waals surface area contributed by atoms with Crippen molar-refractivity contribution in [1.82, 2.24) is 4.98 Å². The maximum absolute atomic E-state index is 6.05. The van der Waals surface area contributed by atoms with Crippen molar-refractivity contribution < 1.29 is 4.42 Å². The molecule has 78 valence electrons. The van der Waals surface area contributed by atoms with Crippen LogP contribution >= 0.6 is 23.2 Å². The molecule has 2 nitrogen and oxygen atoms in total. The lowest BCUT2D eigenvalue weighted by molar-refractivity contribution is 0.481. The Morgan fingerprint density at radius 1 is 1.33 bits per heavy atom. The molecule has 0 radical (unpaired) electrons. The molecule has 0 spiro atoms. The van der Waals surface area contributed by atoms with Gasteiger partial charge in [0.25, 0.3) is 0 Å². The molecule has 15 heavy (non-hydrogen) atoms. The van der Waals surface area contributed by atoms with Crippen molar-refractivity contribution in [2.45, 2.75) is 13.3 Å². The van der Waals surface area contributed by atoms with Crippen molar-refractivity contribution in [3.8, 4) is 0 Å². The summed E-state index contributed by atoms with van der Waals surface area (Å²) in [7, 11) is 0. The second kappa shape index (κ2) is 4.25. The first-order valence-corrected chi connectivity index (χ1v) is 5.26. The van der Waals surface area contributed by atoms with Crippen LogP contribution in [-0.4, -0.2) is 4.98 Å². The van der Waals surface area contributed by atoms with E-state index in [4.69, 9.17) is 27.6 Å². The van der Waals surface area contributed by atoms with Crippen molar-refractivity contribution in [1.29, 1.82) is 0 Å². The summed E-state index contributed by atoms with van der Waals surface area (Å²) >= 11 is 12.0. The third-order valence-corrected chi connectivity index (χ3v) is 2.90. The molecule has 2 aromatic rings. The molecule has 0 N–H and O–H groups in total. The van der Waals surface area contributed by atoms with Gasteiger partial charge in [0.2, 0.25) is 0 Å². The van der Waals surface area contributed by atoms with Crippen LogP contribution in [0.4, 0.5) is 0 Å². The van der Waals surface area contributed by atoms with Gasteiger partial charge in [0.05, 0.1) is 22.7 Å². The molecule has 0 saturated heterocycles. The molecule has 1 aromatic heterocycles. The summed E-state index contributed by atoms with van der Waals surface area (Å²) in [6.45, 7) is 1.86. The molecule has 0 amide bonds. The van der Waals surface area contributed by atoms with E-state index in [-0.39, 0.29) is 0 Å². The number of rotatable bonds is 2. The van der Waals surface area contributed by atoms with Crippen LogP contribution in [0.15, 0.2) is 28.8 Å². The van der Waals surface area contributed by atoms with E-state index in [9.17, 15) is 0 Å². The van der Waals surface area contributed by atoms with Crippen LogP contribution in [0, 0.1) is 6.92 Å². The number of hydrogen-bond donors (Lipinski definition) is 0. The fourth-order valence-corrected chi connectivity index (χ4v) is 1.72. The van der Waals surface area contributed by atoms with E-state index >= 15 is 0 Å². The Labute approximate surface area is 97.8 Å². The zero-order valence-electron chi connectivity index (χ0n) is 8.13. The summed E-state index contributed by atoms with van der Waals surface area (Å²) in [5.41, 5.74) is 0.922. The van der Waals surface area contributed by atoms with Crippen LogP contribution in [0.2, 0.25) is 10.0 Å². The second-order valence-corrected chi connectivity index (χ2v) is 4.04. The van der Waals surface area contributed by atoms with Gasteiger partial charge in [0, 0.05) is 0 Å². The minimum absolute atomic E-state index is 0.553. The van der Waals surface area contributed by atoms with Gasteiger partial charge in [0.1, 0.15) is 5.76 Å². The van der Waals surface area contributed by atoms with Gasteiger partial charge in [0.15, 0.2) is 5.89 Å². The molecule has 0 aliphatic heterocycles. The van der Waals surface area contributed by atoms with E-state index in [0.717, 1.165) is 11.3 Å². The zero-order valence-corrected chi connectivity index (χ0v) is 9.64. The maximum atomic E-state index is 6.05. The first-order chi connectivity index (χ1) is 7.16. The molecule has 4 heteroatoms. The summed E-state index contributed by atoms with van der Waals surface area (Å²) in [6, 6.07) is 5.53. The first-order valence-electron chi connectivity index (χ1n) is 4.51. The van der Waals surface area contributed by atoms with E-state index in [1.807, 2.05) is 19.1 Å². The monoisotopic (exact) mass is 241 g/mol. The number of benzene rings is 1. The maximum Gasteiger partial charge on any atom is 0.198 e. The molecule has 1 aromatic carbocycles. The number of oxazole rings is 1. The SMILES string of the molecule is Cc1cnc(Cc2cccc(Cl)c2Cl)o1. The van der Waals surface area contributed by atoms with Gasteiger partial charge in [-0.15, -0.1) is 0 Å². The summed E-state index contributed by atoms with van der Waals surface area (Å²) in [5.74, 6) is 1.44. The van der Waals surface area contributed by atoms with Crippen LogP contribution in [-0.2, 0) is 6.42 Å². The Balaban J connectivity index is 2.28. The van der Waals surface area contributed by atoms with Gasteiger partial charge in [-0.1, -0.05) is 35.3 Å². The standard InChI is InChI=1S/C11H9Cl2NO/c1-7-6-14-10(15-7)5-8-3-2-4-9(12)11(8)13/h2-4,6H,5H2,1H3. The Morgan fingerprint density at radius 2 is 2.13 bits per heavy atom. The minimum Gasteiger partial charge on any atom is -0.446 e. The summed E-state index contributed by atoms with van der Waals surface area (Å²) in [4.78, 5) is 4.11. The highest BCUT2D eigenvalue weighted by atomic mass is 35.5. The fraction of sp³-hybridized carbons (Fsp3) is 0.182. The van der Waals surface area contributed by atoms with Crippen LogP contribution in [0.25, 0.3) is 0 Å². The van der Waals surface area contributed by atoms with E-state index in [1.165, 1.54) is 0 Å². The number of aryl methyl sites for hydroxylation is 1. The molecule has 0 saturated carbocycles. The molecule has 2 rings (SSSR count). The van der Waals surface area contributed by atoms with Gasteiger partial charge in [-0.05, 0) is 18.6 Å². The third kappa shape index (κ3) is 2.33. The van der Waals surface area contributed by atoms with Crippen molar-refractivity contribution in [2.24, 2.45) is 0 Å². The highest BCUT2D eigenvalue weighted by Crippen LogP contribution is 2.27. The van der Waals surface area contributed by atoms with Crippen molar-refractivity contribution in [3.05, 3.63) is 51.7 Å². The first kappa shape index (κ1) is 10.5. The van der Waals surface area contributed by atoms with Crippen molar-refractivity contribution in [3.63, 3.8) is 0 Å². The highest BCUT2D eigenvalue weighted by Gasteiger charge is 2.08. The molecule has 0 aliphatic carbocycles. The molecule has 0 fully saturated rings. The predicted octanol–water partition coefficient (Wildman–Crippen LogP) is 3.88. The van der Waals surface area contributed by atoms with Gasteiger partial charge in [-0.25, -0.2) is 4.98 Å². The second-order valence-electron chi connectivity index (χ2n) is 3.25. The lowest BCUT2D eigenvalue weighted by Gasteiger charge is -2.02. The van der Waals surface area contributed by atoms with E-state index in [2.05, 4.69) is 4.98 Å². The van der Waals surface area contributed by atoms with E-state index in [1.54, 1.807) is 12.3 Å². The van der Waals surface area contributed by atoms with Crippen molar-refractivity contribution >= 4 is 23.2 Å². The predicted molar refractivity (Wildman–Crippen MR) is 60.5 cm³/mol. The topological polar surface area (TPSA) is 26.0 Å². The lowest BCUT2D eigenvalue weighted by Crippen LogP contribution is -1.89.